The maximum Gasteiger partial charge on any atom is 0.166 e. The van der Waals surface area contributed by atoms with E-state index in [1.165, 1.54) is 37.7 Å². The highest BCUT2D eigenvalue weighted by atomic mass is 16.6. The summed E-state index contributed by atoms with van der Waals surface area (Å²) in [5.41, 5.74) is 1.27. The molecule has 1 aromatic carbocycles. The molecule has 1 aliphatic carbocycles. The summed E-state index contributed by atoms with van der Waals surface area (Å²) < 4.78 is 11.6. The summed E-state index contributed by atoms with van der Waals surface area (Å²) in [5.74, 6) is 3.50. The first-order chi connectivity index (χ1) is 10.3. The van der Waals surface area contributed by atoms with Crippen molar-refractivity contribution in [3.8, 4) is 11.5 Å². The van der Waals surface area contributed by atoms with Gasteiger partial charge in [-0.2, -0.15) is 0 Å². The van der Waals surface area contributed by atoms with Gasteiger partial charge >= 0.3 is 0 Å². The van der Waals surface area contributed by atoms with E-state index in [-0.39, 0.29) is 0 Å². The normalized spacial score (nSPS) is 26.4. The van der Waals surface area contributed by atoms with Crippen molar-refractivity contribution in [2.75, 3.05) is 20.3 Å². The third kappa shape index (κ3) is 3.03. The van der Waals surface area contributed by atoms with E-state index in [2.05, 4.69) is 31.4 Å². The summed E-state index contributed by atoms with van der Waals surface area (Å²) in [7, 11) is 2.07. The molecule has 0 aromatic heterocycles. The third-order valence-electron chi connectivity index (χ3n) is 5.18. The Morgan fingerprint density at radius 3 is 2.62 bits per heavy atom. The molecule has 1 fully saturated rings. The Labute approximate surface area is 128 Å². The summed E-state index contributed by atoms with van der Waals surface area (Å²) in [6.07, 6.45) is 6.69. The van der Waals surface area contributed by atoms with Crippen molar-refractivity contribution >= 4 is 0 Å². The molecule has 0 bridgehead atoms. The van der Waals surface area contributed by atoms with Crippen molar-refractivity contribution in [3.05, 3.63) is 23.8 Å². The lowest BCUT2D eigenvalue weighted by atomic mass is 9.76. The highest BCUT2D eigenvalue weighted by Gasteiger charge is 2.30. The van der Waals surface area contributed by atoms with E-state index < -0.39 is 0 Å². The average Bonchev–Trinajstić information content (AvgIpc) is 2.56. The van der Waals surface area contributed by atoms with Crippen LogP contribution in [0.1, 0.15) is 50.6 Å². The second-order valence-electron chi connectivity index (χ2n) is 6.33. The van der Waals surface area contributed by atoms with Crippen LogP contribution >= 0.6 is 0 Å². The zero-order valence-electron chi connectivity index (χ0n) is 13.2. The quantitative estimate of drug-likeness (QED) is 0.911. The molecule has 1 aliphatic heterocycles. The lowest BCUT2D eigenvalue weighted by Crippen LogP contribution is -2.30. The van der Waals surface area contributed by atoms with Crippen LogP contribution in [-0.4, -0.2) is 20.3 Å². The molecule has 1 atom stereocenters. The Kier molecular flexibility index (Phi) is 4.69. The van der Waals surface area contributed by atoms with Crippen LogP contribution in [0.5, 0.6) is 11.5 Å². The fourth-order valence-corrected chi connectivity index (χ4v) is 3.92. The maximum absolute atomic E-state index is 5.91. The van der Waals surface area contributed by atoms with Crippen LogP contribution in [0.15, 0.2) is 18.2 Å². The first-order valence-electron chi connectivity index (χ1n) is 8.39. The molecule has 1 unspecified atom stereocenters. The molecule has 0 radical (unpaired) electrons. The third-order valence-corrected chi connectivity index (χ3v) is 5.18. The van der Waals surface area contributed by atoms with Crippen LogP contribution in [0.3, 0.4) is 0 Å². The number of nitrogens with one attached hydrogen (secondary N) is 1. The average molecular weight is 289 g/mol. The van der Waals surface area contributed by atoms with Crippen LogP contribution in [-0.2, 0) is 0 Å². The number of hydrogen-bond acceptors (Lipinski definition) is 3. The molecular formula is C18H27NO2. The van der Waals surface area contributed by atoms with Gasteiger partial charge in [-0.25, -0.2) is 0 Å². The number of rotatable bonds is 4. The molecule has 0 saturated heterocycles. The van der Waals surface area contributed by atoms with Gasteiger partial charge < -0.3 is 14.8 Å². The predicted octanol–water partition coefficient (Wildman–Crippen LogP) is 3.93. The van der Waals surface area contributed by atoms with Gasteiger partial charge in [0.1, 0.15) is 13.2 Å². The van der Waals surface area contributed by atoms with E-state index in [0.29, 0.717) is 25.2 Å². The first-order valence-corrected chi connectivity index (χ1v) is 8.39. The Morgan fingerprint density at radius 1 is 1.14 bits per heavy atom. The highest BCUT2D eigenvalue weighted by molar-refractivity contribution is 5.49. The second kappa shape index (κ2) is 6.69. The largest absolute Gasteiger partial charge is 0.486 e. The topological polar surface area (TPSA) is 30.5 Å². The fraction of sp³-hybridized carbons (Fsp3) is 0.667. The Bertz CT molecular complexity index is 466. The van der Waals surface area contributed by atoms with Crippen molar-refractivity contribution in [1.82, 2.24) is 5.32 Å². The van der Waals surface area contributed by atoms with Gasteiger partial charge in [0.2, 0.25) is 0 Å². The lowest BCUT2D eigenvalue weighted by molar-refractivity contribution is 0.164. The second-order valence-corrected chi connectivity index (χ2v) is 6.33. The van der Waals surface area contributed by atoms with E-state index in [1.54, 1.807) is 0 Å². The summed E-state index contributed by atoms with van der Waals surface area (Å²) in [4.78, 5) is 0. The highest BCUT2D eigenvalue weighted by Crippen LogP contribution is 2.43. The number of fused-ring (bicyclic) bond motifs is 1. The first kappa shape index (κ1) is 14.7. The molecule has 3 heteroatoms. The van der Waals surface area contributed by atoms with Crippen molar-refractivity contribution in [1.29, 1.82) is 0 Å². The molecule has 2 aliphatic rings. The summed E-state index contributed by atoms with van der Waals surface area (Å²) in [5, 5.41) is 3.54. The minimum atomic E-state index is 0.374. The molecule has 21 heavy (non-hydrogen) atoms. The standard InChI is InChI=1S/C18H27NO2/c1-3-13-7-9-14(10-8-13)17(19-2)15-5-4-6-16-18(15)21-12-11-20-16/h4-6,13-14,17,19H,3,7-12H2,1-2H3. The molecular weight excluding hydrogens is 262 g/mol. The van der Waals surface area contributed by atoms with Crippen LogP contribution in [0.2, 0.25) is 0 Å². The van der Waals surface area contributed by atoms with E-state index in [4.69, 9.17) is 9.47 Å². The van der Waals surface area contributed by atoms with Crippen LogP contribution in [0.4, 0.5) is 0 Å². The zero-order valence-corrected chi connectivity index (χ0v) is 13.2. The van der Waals surface area contributed by atoms with Gasteiger partial charge in [0.05, 0.1) is 0 Å². The molecule has 1 saturated carbocycles. The maximum atomic E-state index is 5.91. The van der Waals surface area contributed by atoms with Gasteiger partial charge in [0.15, 0.2) is 11.5 Å². The fourth-order valence-electron chi connectivity index (χ4n) is 3.92. The monoisotopic (exact) mass is 289 g/mol. The SMILES string of the molecule is CCC1CCC(C(NC)c2cccc3c2OCCO3)CC1. The van der Waals surface area contributed by atoms with E-state index in [1.807, 2.05) is 6.07 Å². The van der Waals surface area contributed by atoms with Crippen LogP contribution in [0, 0.1) is 11.8 Å². The van der Waals surface area contributed by atoms with E-state index in [9.17, 15) is 0 Å². The zero-order chi connectivity index (χ0) is 14.7. The Morgan fingerprint density at radius 2 is 1.90 bits per heavy atom. The minimum Gasteiger partial charge on any atom is -0.486 e. The molecule has 1 N–H and O–H groups in total. The van der Waals surface area contributed by atoms with Gasteiger partial charge in [-0.15, -0.1) is 0 Å². The predicted molar refractivity (Wildman–Crippen MR) is 85.0 cm³/mol. The number of benzene rings is 1. The smallest absolute Gasteiger partial charge is 0.166 e. The molecule has 0 amide bonds. The van der Waals surface area contributed by atoms with Crippen LogP contribution < -0.4 is 14.8 Å². The Balaban J connectivity index is 1.80. The van der Waals surface area contributed by atoms with Crippen LogP contribution in [0.25, 0.3) is 0 Å². The van der Waals surface area contributed by atoms with Gasteiger partial charge in [-0.1, -0.05) is 38.3 Å². The number of hydrogen-bond donors (Lipinski definition) is 1. The van der Waals surface area contributed by atoms with Gasteiger partial charge in [-0.05, 0) is 37.8 Å². The summed E-state index contributed by atoms with van der Waals surface area (Å²) >= 11 is 0. The lowest BCUT2D eigenvalue weighted by Gasteiger charge is -2.35. The Hall–Kier alpha value is -1.22. The van der Waals surface area contributed by atoms with Gasteiger partial charge in [0.25, 0.3) is 0 Å². The number of para-hydroxylation sites is 1. The summed E-state index contributed by atoms with van der Waals surface area (Å²) in [6, 6.07) is 6.67. The molecule has 116 valence electrons. The minimum absolute atomic E-state index is 0.374. The van der Waals surface area contributed by atoms with Gasteiger partial charge in [0, 0.05) is 11.6 Å². The van der Waals surface area contributed by atoms with Gasteiger partial charge in [-0.3, -0.25) is 0 Å². The molecule has 0 spiro atoms. The number of ether oxygens (including phenoxy) is 2. The van der Waals surface area contributed by atoms with Crippen molar-refractivity contribution < 1.29 is 9.47 Å². The molecule has 1 aromatic rings. The van der Waals surface area contributed by atoms with Crippen molar-refractivity contribution in [2.45, 2.75) is 45.1 Å². The summed E-state index contributed by atoms with van der Waals surface area (Å²) in [6.45, 7) is 3.63. The van der Waals surface area contributed by atoms with Crippen molar-refractivity contribution in [3.63, 3.8) is 0 Å². The molecule has 3 nitrogen and oxygen atoms in total. The van der Waals surface area contributed by atoms with E-state index in [0.717, 1.165) is 17.4 Å². The molecule has 3 rings (SSSR count). The molecule has 1 heterocycles. The van der Waals surface area contributed by atoms with E-state index >= 15 is 0 Å². The van der Waals surface area contributed by atoms with Crippen molar-refractivity contribution in [2.24, 2.45) is 11.8 Å².